The van der Waals surface area contributed by atoms with Gasteiger partial charge in [0.2, 0.25) is 0 Å². The van der Waals surface area contributed by atoms with Gasteiger partial charge in [-0.2, -0.15) is 0 Å². The van der Waals surface area contributed by atoms with Crippen molar-refractivity contribution in [2.24, 2.45) is 0 Å². The highest BCUT2D eigenvalue weighted by Crippen LogP contribution is 2.27. The van der Waals surface area contributed by atoms with Crippen molar-refractivity contribution in [2.45, 2.75) is 38.5 Å². The van der Waals surface area contributed by atoms with Gasteiger partial charge in [-0.05, 0) is 37.5 Å². The number of carboxylic acid groups (broad SMARTS) is 1. The fourth-order valence-electron chi connectivity index (χ4n) is 1.94. The molecule has 1 rings (SSSR count). The van der Waals surface area contributed by atoms with Crippen molar-refractivity contribution in [2.75, 3.05) is 12.1 Å². The highest BCUT2D eigenvalue weighted by molar-refractivity contribution is 5.93. The number of hydrogen-bond donors (Lipinski definition) is 3. The van der Waals surface area contributed by atoms with Gasteiger partial charge in [0, 0.05) is 0 Å². The van der Waals surface area contributed by atoms with Crippen molar-refractivity contribution < 1.29 is 24.6 Å². The Morgan fingerprint density at radius 3 is 2.68 bits per heavy atom. The third-order valence-corrected chi connectivity index (χ3v) is 3.13. The number of carboxylic acids is 1. The topological polar surface area (TPSA) is 95.9 Å². The number of benzene rings is 1. The maximum Gasteiger partial charge on any atom is 0.339 e. The minimum absolute atomic E-state index is 0.169. The van der Waals surface area contributed by atoms with Gasteiger partial charge in [-0.1, -0.05) is 25.3 Å². The summed E-state index contributed by atoms with van der Waals surface area (Å²) in [5.41, 5.74) is 2.63. The van der Waals surface area contributed by atoms with Crippen molar-refractivity contribution in [3.05, 3.63) is 29.8 Å². The van der Waals surface area contributed by atoms with Gasteiger partial charge in [0.05, 0.1) is 6.61 Å². The van der Waals surface area contributed by atoms with Gasteiger partial charge in [0.15, 0.2) is 5.75 Å². The van der Waals surface area contributed by atoms with Crippen LogP contribution in [0.3, 0.4) is 0 Å². The Bertz CT molecular complexity index is 523. The second kappa shape index (κ2) is 10.4. The van der Waals surface area contributed by atoms with Gasteiger partial charge in [-0.3, -0.25) is 10.3 Å². The second-order valence-electron chi connectivity index (χ2n) is 4.84. The van der Waals surface area contributed by atoms with Crippen LogP contribution in [0.1, 0.15) is 48.9 Å². The number of carbonyl (C=O) groups excluding carboxylic acids is 1. The molecule has 0 fully saturated rings. The molecule has 1 aromatic rings. The van der Waals surface area contributed by atoms with E-state index in [0.717, 1.165) is 38.5 Å². The zero-order valence-corrected chi connectivity index (χ0v) is 12.4. The molecule has 0 aliphatic heterocycles. The Morgan fingerprint density at radius 2 is 1.95 bits per heavy atom. The third-order valence-electron chi connectivity index (χ3n) is 3.13. The molecule has 0 saturated carbocycles. The van der Waals surface area contributed by atoms with E-state index in [0.29, 0.717) is 6.61 Å². The number of carbonyl (C=O) groups is 1. The summed E-state index contributed by atoms with van der Waals surface area (Å²) in [6, 6.07) is 4.40. The lowest BCUT2D eigenvalue weighted by Gasteiger charge is -2.10. The van der Waals surface area contributed by atoms with E-state index in [-0.39, 0.29) is 17.0 Å². The number of aromatic carboxylic acids is 1. The molecule has 0 aliphatic carbocycles. The maximum atomic E-state index is 10.9. The van der Waals surface area contributed by atoms with Gasteiger partial charge in [-0.25, -0.2) is 9.59 Å². The molecule has 3 N–H and O–H groups in total. The maximum absolute atomic E-state index is 10.9. The zero-order chi connectivity index (χ0) is 16.2. The van der Waals surface area contributed by atoms with E-state index >= 15 is 0 Å². The highest BCUT2D eigenvalue weighted by atomic mass is 16.6. The Labute approximate surface area is 129 Å². The number of phenols is 1. The lowest BCUT2D eigenvalue weighted by molar-refractivity contribution is 0.0693. The summed E-state index contributed by atoms with van der Waals surface area (Å²) >= 11 is 0. The number of rotatable bonds is 11. The predicted molar refractivity (Wildman–Crippen MR) is 82.6 cm³/mol. The van der Waals surface area contributed by atoms with Crippen molar-refractivity contribution in [3.63, 3.8) is 0 Å². The number of hydrogen-bond acceptors (Lipinski definition) is 5. The van der Waals surface area contributed by atoms with Crippen LogP contribution in [0.5, 0.6) is 5.75 Å². The number of anilines is 1. The van der Waals surface area contributed by atoms with Crippen LogP contribution < -0.4 is 5.48 Å². The quantitative estimate of drug-likeness (QED) is 0.251. The lowest BCUT2D eigenvalue weighted by atomic mass is 10.1. The number of aromatic hydroxyl groups is 1. The van der Waals surface area contributed by atoms with Crippen molar-refractivity contribution in [1.29, 1.82) is 0 Å². The van der Waals surface area contributed by atoms with Crippen LogP contribution in [0.15, 0.2) is 24.3 Å². The summed E-state index contributed by atoms with van der Waals surface area (Å²) in [6.45, 7) is 0.463. The number of allylic oxidation sites excluding steroid dienone is 1. The second-order valence-corrected chi connectivity index (χ2v) is 4.84. The van der Waals surface area contributed by atoms with Crippen molar-refractivity contribution >= 4 is 17.6 Å². The molecule has 0 amide bonds. The van der Waals surface area contributed by atoms with Gasteiger partial charge < -0.3 is 10.2 Å². The highest BCUT2D eigenvalue weighted by Gasteiger charge is 2.12. The summed E-state index contributed by atoms with van der Waals surface area (Å²) in [4.78, 5) is 26.0. The smallest absolute Gasteiger partial charge is 0.339 e. The molecule has 0 unspecified atom stereocenters. The lowest BCUT2D eigenvalue weighted by Crippen LogP contribution is -2.05. The average Bonchev–Trinajstić information content (AvgIpc) is 2.50. The normalized spacial score (nSPS) is 10.0. The molecule has 0 bridgehead atoms. The molecular formula is C16H21NO5. The summed E-state index contributed by atoms with van der Waals surface area (Å²) in [5.74, 6) is 0.233. The minimum Gasteiger partial charge on any atom is -0.505 e. The van der Waals surface area contributed by atoms with Gasteiger partial charge >= 0.3 is 5.97 Å². The van der Waals surface area contributed by atoms with E-state index in [1.54, 1.807) is 12.0 Å². The number of nitrogens with one attached hydrogen (secondary N) is 1. The van der Waals surface area contributed by atoms with E-state index < -0.39 is 5.97 Å². The SMILES string of the molecule is O=C=CCCCCCCCONc1cccc(C(=O)O)c1O. The Hall–Kier alpha value is -2.30. The van der Waals surface area contributed by atoms with E-state index in [2.05, 4.69) is 5.48 Å². The van der Waals surface area contributed by atoms with Gasteiger partial charge in [0.1, 0.15) is 17.2 Å². The molecule has 120 valence electrons. The van der Waals surface area contributed by atoms with E-state index in [9.17, 15) is 14.7 Å². The van der Waals surface area contributed by atoms with Crippen LogP contribution in [0.25, 0.3) is 0 Å². The summed E-state index contributed by atoms with van der Waals surface area (Å²) in [7, 11) is 0. The van der Waals surface area contributed by atoms with E-state index in [1.807, 2.05) is 0 Å². The molecule has 0 aromatic heterocycles. The first-order valence-corrected chi connectivity index (χ1v) is 7.29. The molecular weight excluding hydrogens is 286 g/mol. The molecule has 0 aliphatic rings. The van der Waals surface area contributed by atoms with Crippen LogP contribution >= 0.6 is 0 Å². The fraction of sp³-hybridized carbons (Fsp3) is 0.438. The standard InChI is InChI=1S/C16H21NO5/c18-11-6-4-2-1-3-5-7-12-22-17-14-10-8-9-13(15(14)19)16(20)21/h6,8-10,17,19H,1-5,7,12H2,(H,20,21). The summed E-state index contributed by atoms with van der Waals surface area (Å²) in [6.07, 6.45) is 7.27. The predicted octanol–water partition coefficient (Wildman–Crippen LogP) is 3.16. The molecule has 0 heterocycles. The number of para-hydroxylation sites is 1. The van der Waals surface area contributed by atoms with Crippen molar-refractivity contribution in [1.82, 2.24) is 0 Å². The average molecular weight is 307 g/mol. The molecule has 1 aromatic carbocycles. The Balaban J connectivity index is 2.16. The molecule has 0 atom stereocenters. The zero-order valence-electron chi connectivity index (χ0n) is 12.4. The molecule has 22 heavy (non-hydrogen) atoms. The monoisotopic (exact) mass is 307 g/mol. The van der Waals surface area contributed by atoms with E-state index in [4.69, 9.17) is 9.94 Å². The van der Waals surface area contributed by atoms with Gasteiger partial charge in [0.25, 0.3) is 0 Å². The number of unbranched alkanes of at least 4 members (excludes halogenated alkanes) is 5. The van der Waals surface area contributed by atoms with Crippen LogP contribution in [0, 0.1) is 0 Å². The summed E-state index contributed by atoms with van der Waals surface area (Å²) < 4.78 is 0. The van der Waals surface area contributed by atoms with Crippen LogP contribution in [-0.4, -0.2) is 28.7 Å². The van der Waals surface area contributed by atoms with Crippen LogP contribution in [0.2, 0.25) is 0 Å². The third kappa shape index (κ3) is 6.43. The minimum atomic E-state index is -1.19. The van der Waals surface area contributed by atoms with E-state index in [1.165, 1.54) is 18.2 Å². The largest absolute Gasteiger partial charge is 0.505 e. The van der Waals surface area contributed by atoms with Crippen LogP contribution in [-0.2, 0) is 9.63 Å². The fourth-order valence-corrected chi connectivity index (χ4v) is 1.94. The Morgan fingerprint density at radius 1 is 1.23 bits per heavy atom. The molecule has 0 saturated heterocycles. The molecule has 0 radical (unpaired) electrons. The molecule has 6 nitrogen and oxygen atoms in total. The first-order valence-electron chi connectivity index (χ1n) is 7.29. The van der Waals surface area contributed by atoms with Crippen molar-refractivity contribution in [3.8, 4) is 5.75 Å². The Kier molecular flexibility index (Phi) is 8.42. The molecule has 0 spiro atoms. The first kappa shape index (κ1) is 17.8. The molecule has 6 heteroatoms. The van der Waals surface area contributed by atoms with Gasteiger partial charge in [-0.15, -0.1) is 0 Å². The first-order chi connectivity index (χ1) is 10.7. The van der Waals surface area contributed by atoms with Crippen LogP contribution in [0.4, 0.5) is 5.69 Å². The summed E-state index contributed by atoms with van der Waals surface area (Å²) in [5, 5.41) is 18.6.